The predicted molar refractivity (Wildman–Crippen MR) is 85.9 cm³/mol. The Kier molecular flexibility index (Phi) is 5.21. The Morgan fingerprint density at radius 3 is 1.68 bits per heavy atom. The van der Waals surface area contributed by atoms with Gasteiger partial charge in [-0.25, -0.2) is 0 Å². The number of rotatable bonds is 2. The van der Waals surface area contributed by atoms with Crippen LogP contribution in [0.15, 0.2) is 0 Å². The van der Waals surface area contributed by atoms with Crippen LogP contribution in [0.3, 0.4) is 0 Å². The van der Waals surface area contributed by atoms with Crippen molar-refractivity contribution >= 4 is 48.8 Å². The van der Waals surface area contributed by atoms with Crippen molar-refractivity contribution in [1.82, 2.24) is 0 Å². The first-order chi connectivity index (χ1) is 8.54. The van der Waals surface area contributed by atoms with Gasteiger partial charge in [-0.2, -0.15) is 0 Å². The summed E-state index contributed by atoms with van der Waals surface area (Å²) in [5.74, 6) is 0. The Labute approximate surface area is 131 Å². The summed E-state index contributed by atoms with van der Waals surface area (Å²) in [5.41, 5.74) is -2.27. The van der Waals surface area contributed by atoms with E-state index in [1.807, 2.05) is 0 Å². The van der Waals surface area contributed by atoms with Crippen LogP contribution in [0.1, 0.15) is 27.7 Å². The second kappa shape index (κ2) is 5.77. The SMILES string of the molecule is CC1(C)COP(=S)(SP2(=[Se])OCC(C)(C)CO2)OC1. The van der Waals surface area contributed by atoms with Gasteiger partial charge in [0.25, 0.3) is 0 Å². The van der Waals surface area contributed by atoms with Crippen LogP contribution in [0, 0.1) is 10.8 Å². The molecule has 0 aromatic heterocycles. The third-order valence-corrected chi connectivity index (χ3v) is 18.4. The Morgan fingerprint density at radius 2 is 1.26 bits per heavy atom. The molecular formula is C10H20O4P2S2Se. The summed E-state index contributed by atoms with van der Waals surface area (Å²) in [4.78, 5) is 0. The molecule has 0 atom stereocenters. The Morgan fingerprint density at radius 1 is 0.895 bits per heavy atom. The zero-order chi connectivity index (χ0) is 14.4. The first-order valence-corrected chi connectivity index (χ1v) is 14.5. The van der Waals surface area contributed by atoms with E-state index >= 15 is 0 Å². The van der Waals surface area contributed by atoms with Crippen molar-refractivity contribution in [3.63, 3.8) is 0 Å². The van der Waals surface area contributed by atoms with E-state index in [4.69, 9.17) is 29.9 Å². The van der Waals surface area contributed by atoms with E-state index in [-0.39, 0.29) is 10.8 Å². The van der Waals surface area contributed by atoms with Gasteiger partial charge in [0.2, 0.25) is 0 Å². The zero-order valence-electron chi connectivity index (χ0n) is 11.6. The minimum atomic E-state index is -2.35. The van der Waals surface area contributed by atoms with Crippen LogP contribution in [0.4, 0.5) is 0 Å². The van der Waals surface area contributed by atoms with E-state index in [0.717, 1.165) is 0 Å². The first kappa shape index (κ1) is 17.1. The van der Waals surface area contributed by atoms with Crippen LogP contribution in [-0.4, -0.2) is 41.5 Å². The summed E-state index contributed by atoms with van der Waals surface area (Å²) in [6.07, 6.45) is 0. The molecule has 4 nitrogen and oxygen atoms in total. The molecular weight excluding hydrogens is 389 g/mol. The van der Waals surface area contributed by atoms with Crippen LogP contribution < -0.4 is 0 Å². The fourth-order valence-corrected chi connectivity index (χ4v) is 20.7. The van der Waals surface area contributed by atoms with Gasteiger partial charge in [-0.05, 0) is 0 Å². The van der Waals surface area contributed by atoms with Gasteiger partial charge in [-0.3, -0.25) is 0 Å². The molecule has 0 N–H and O–H groups in total. The maximum absolute atomic E-state index is 5.90. The molecule has 2 aliphatic heterocycles. The van der Waals surface area contributed by atoms with E-state index in [0.29, 0.717) is 26.4 Å². The standard InChI is InChI=1S/C10H20O4P2S2Se/c1-9(2)5-11-15(17,12-6-9)18-16(19)13-7-10(3,4)8-14-16/h5-8H2,1-4H3. The third-order valence-electron chi connectivity index (χ3n) is 2.65. The molecule has 0 aromatic rings. The molecule has 2 fully saturated rings. The van der Waals surface area contributed by atoms with Gasteiger partial charge in [0.15, 0.2) is 0 Å². The zero-order valence-corrected chi connectivity index (χ0v) is 16.7. The molecule has 9 heteroatoms. The Bertz CT molecular complexity index is 387. The van der Waals surface area contributed by atoms with Gasteiger partial charge >= 0.3 is 132 Å². The summed E-state index contributed by atoms with van der Waals surface area (Å²) < 4.78 is 23.4. The van der Waals surface area contributed by atoms with E-state index < -0.39 is 10.9 Å². The van der Waals surface area contributed by atoms with Crippen LogP contribution >= 0.6 is 21.9 Å². The molecule has 2 rings (SSSR count). The second-order valence-electron chi connectivity index (χ2n) is 6.40. The van der Waals surface area contributed by atoms with E-state index in [9.17, 15) is 0 Å². The van der Waals surface area contributed by atoms with Crippen molar-refractivity contribution in [1.29, 1.82) is 0 Å². The fourth-order valence-electron chi connectivity index (χ4n) is 1.39. The quantitative estimate of drug-likeness (QED) is 0.508. The van der Waals surface area contributed by atoms with Crippen molar-refractivity contribution in [3.8, 4) is 0 Å². The molecule has 0 radical (unpaired) electrons. The summed E-state index contributed by atoms with van der Waals surface area (Å²) in [7, 11) is 0. The van der Waals surface area contributed by atoms with Gasteiger partial charge in [0.1, 0.15) is 0 Å². The molecule has 0 saturated carbocycles. The predicted octanol–water partition coefficient (Wildman–Crippen LogP) is 3.94. The van der Waals surface area contributed by atoms with Crippen molar-refractivity contribution in [2.24, 2.45) is 10.8 Å². The molecule has 2 aliphatic rings. The van der Waals surface area contributed by atoms with Crippen molar-refractivity contribution in [2.75, 3.05) is 26.4 Å². The van der Waals surface area contributed by atoms with Crippen LogP contribution in [-0.2, 0) is 29.9 Å². The molecule has 0 spiro atoms. The number of hydrogen-bond donors (Lipinski definition) is 0. The maximum atomic E-state index is 5.90. The van der Waals surface area contributed by atoms with Crippen LogP contribution in [0.2, 0.25) is 0 Å². The average Bonchev–Trinajstić information content (AvgIpc) is 2.29. The summed E-state index contributed by atoms with van der Waals surface area (Å²) in [6, 6.07) is 0. The molecule has 112 valence electrons. The molecule has 0 unspecified atom stereocenters. The molecule has 0 aliphatic carbocycles. The molecule has 2 heterocycles. The van der Waals surface area contributed by atoms with Crippen molar-refractivity contribution in [3.05, 3.63) is 0 Å². The average molecular weight is 409 g/mol. The topological polar surface area (TPSA) is 36.9 Å². The van der Waals surface area contributed by atoms with Gasteiger partial charge in [-0.15, -0.1) is 0 Å². The fraction of sp³-hybridized carbons (Fsp3) is 1.00. The van der Waals surface area contributed by atoms with Gasteiger partial charge < -0.3 is 0 Å². The molecule has 0 amide bonds. The van der Waals surface area contributed by atoms with Crippen molar-refractivity contribution in [2.45, 2.75) is 27.7 Å². The van der Waals surface area contributed by atoms with Crippen molar-refractivity contribution < 1.29 is 18.1 Å². The Hall–Kier alpha value is 1.79. The summed E-state index contributed by atoms with van der Waals surface area (Å²) in [6.45, 7) is 11.0. The second-order valence-corrected chi connectivity index (χ2v) is 21.0. The molecule has 2 saturated heterocycles. The minimum absolute atomic E-state index is 0.0300. The van der Waals surface area contributed by atoms with E-state index in [1.165, 1.54) is 11.0 Å². The number of hydrogen-bond acceptors (Lipinski definition) is 6. The van der Waals surface area contributed by atoms with Crippen LogP contribution in [0.25, 0.3) is 0 Å². The van der Waals surface area contributed by atoms with Gasteiger partial charge in [-0.1, -0.05) is 0 Å². The van der Waals surface area contributed by atoms with Gasteiger partial charge in [0.05, 0.1) is 0 Å². The summed E-state index contributed by atoms with van der Waals surface area (Å²) >= 11 is 10.0. The molecule has 0 aromatic carbocycles. The van der Waals surface area contributed by atoms with Crippen LogP contribution in [0.5, 0.6) is 0 Å². The Balaban J connectivity index is 1.98. The summed E-state index contributed by atoms with van der Waals surface area (Å²) in [5, 5.41) is -2.13. The monoisotopic (exact) mass is 410 g/mol. The molecule has 0 bridgehead atoms. The normalized spacial score (nSPS) is 31.8. The van der Waals surface area contributed by atoms with E-state index in [1.54, 1.807) is 0 Å². The van der Waals surface area contributed by atoms with Gasteiger partial charge in [0, 0.05) is 0 Å². The van der Waals surface area contributed by atoms with E-state index in [2.05, 4.69) is 42.8 Å². The first-order valence-electron chi connectivity index (χ1n) is 6.03. The third kappa shape index (κ3) is 4.89. The molecule has 19 heavy (non-hydrogen) atoms.